The Hall–Kier alpha value is -2.66. The lowest BCUT2D eigenvalue weighted by Crippen LogP contribution is -2.40. The SMILES string of the molecule is C=CC(=O)OCCCCCCCCCCCCOC1(C(=O)O)C=CC(c2ccccc2)=CC1. The Balaban J connectivity index is 1.51. The summed E-state index contributed by atoms with van der Waals surface area (Å²) in [5.74, 6) is -1.27. The van der Waals surface area contributed by atoms with Crippen molar-refractivity contribution in [2.45, 2.75) is 76.2 Å². The van der Waals surface area contributed by atoms with Crippen LogP contribution in [-0.4, -0.2) is 35.9 Å². The second kappa shape index (κ2) is 15.2. The van der Waals surface area contributed by atoms with Crippen molar-refractivity contribution in [3.63, 3.8) is 0 Å². The molecule has 2 rings (SSSR count). The molecule has 0 aliphatic heterocycles. The van der Waals surface area contributed by atoms with Gasteiger partial charge in [-0.15, -0.1) is 0 Å². The molecular formula is C28H38O5. The Morgan fingerprint density at radius 3 is 2.00 bits per heavy atom. The molecule has 1 aliphatic carbocycles. The van der Waals surface area contributed by atoms with E-state index >= 15 is 0 Å². The first-order valence-electron chi connectivity index (χ1n) is 12.2. The lowest BCUT2D eigenvalue weighted by atomic mass is 9.89. The van der Waals surface area contributed by atoms with Gasteiger partial charge in [0.25, 0.3) is 0 Å². The summed E-state index contributed by atoms with van der Waals surface area (Å²) in [6, 6.07) is 9.97. The number of carbonyl (C=O) groups is 2. The van der Waals surface area contributed by atoms with Crippen LogP contribution in [0, 0.1) is 0 Å². The zero-order valence-corrected chi connectivity index (χ0v) is 19.7. The average Bonchev–Trinajstić information content (AvgIpc) is 2.84. The van der Waals surface area contributed by atoms with Crippen LogP contribution in [0.25, 0.3) is 5.57 Å². The molecule has 5 heteroatoms. The van der Waals surface area contributed by atoms with E-state index in [4.69, 9.17) is 9.47 Å². The first kappa shape index (κ1) is 26.6. The molecule has 0 saturated heterocycles. The number of hydrogen-bond donors (Lipinski definition) is 1. The zero-order chi connectivity index (χ0) is 23.8. The molecule has 1 N–H and O–H groups in total. The van der Waals surface area contributed by atoms with Crippen LogP contribution in [0.4, 0.5) is 0 Å². The molecule has 180 valence electrons. The first-order valence-corrected chi connectivity index (χ1v) is 12.2. The van der Waals surface area contributed by atoms with Crippen LogP contribution in [0.2, 0.25) is 0 Å². The van der Waals surface area contributed by atoms with Crippen LogP contribution < -0.4 is 0 Å². The number of allylic oxidation sites excluding steroid dienone is 2. The molecule has 0 saturated carbocycles. The van der Waals surface area contributed by atoms with Crippen molar-refractivity contribution < 1.29 is 24.2 Å². The van der Waals surface area contributed by atoms with Gasteiger partial charge in [-0.3, -0.25) is 0 Å². The van der Waals surface area contributed by atoms with E-state index < -0.39 is 11.6 Å². The normalized spacial score (nSPS) is 17.4. The molecular weight excluding hydrogens is 416 g/mol. The van der Waals surface area contributed by atoms with Gasteiger partial charge in [-0.05, 0) is 30.1 Å². The largest absolute Gasteiger partial charge is 0.479 e. The molecule has 0 heterocycles. The Morgan fingerprint density at radius 2 is 1.48 bits per heavy atom. The molecule has 1 unspecified atom stereocenters. The minimum absolute atomic E-state index is 0.345. The summed E-state index contributed by atoms with van der Waals surface area (Å²) in [5.41, 5.74) is 0.872. The van der Waals surface area contributed by atoms with E-state index in [0.29, 0.717) is 19.6 Å². The van der Waals surface area contributed by atoms with E-state index in [1.54, 1.807) is 6.08 Å². The minimum Gasteiger partial charge on any atom is -0.479 e. The van der Waals surface area contributed by atoms with Gasteiger partial charge in [0.1, 0.15) is 0 Å². The maximum absolute atomic E-state index is 11.9. The second-order valence-corrected chi connectivity index (χ2v) is 8.51. The second-order valence-electron chi connectivity index (χ2n) is 8.51. The molecule has 33 heavy (non-hydrogen) atoms. The third-order valence-corrected chi connectivity index (χ3v) is 5.94. The summed E-state index contributed by atoms with van der Waals surface area (Å²) in [6.07, 6.45) is 18.2. The molecule has 0 fully saturated rings. The highest BCUT2D eigenvalue weighted by Crippen LogP contribution is 2.30. The molecule has 0 bridgehead atoms. The molecule has 0 radical (unpaired) electrons. The molecule has 5 nitrogen and oxygen atoms in total. The van der Waals surface area contributed by atoms with E-state index in [-0.39, 0.29) is 5.97 Å². The fraction of sp³-hybridized carbons (Fsp3) is 0.500. The van der Waals surface area contributed by atoms with Crippen molar-refractivity contribution in [3.8, 4) is 0 Å². The third kappa shape index (κ3) is 9.79. The lowest BCUT2D eigenvalue weighted by Gasteiger charge is -2.28. The Morgan fingerprint density at radius 1 is 0.909 bits per heavy atom. The molecule has 1 atom stereocenters. The summed E-state index contributed by atoms with van der Waals surface area (Å²) < 4.78 is 10.8. The highest BCUT2D eigenvalue weighted by Gasteiger charge is 2.37. The summed E-state index contributed by atoms with van der Waals surface area (Å²) in [6.45, 7) is 4.32. The Labute approximate surface area is 198 Å². The summed E-state index contributed by atoms with van der Waals surface area (Å²) >= 11 is 0. The van der Waals surface area contributed by atoms with Gasteiger partial charge in [0.05, 0.1) is 6.61 Å². The lowest BCUT2D eigenvalue weighted by molar-refractivity contribution is -0.159. The highest BCUT2D eigenvalue weighted by atomic mass is 16.5. The van der Waals surface area contributed by atoms with Crippen molar-refractivity contribution in [2.24, 2.45) is 0 Å². The number of esters is 1. The Kier molecular flexibility index (Phi) is 12.3. The number of carboxylic acids is 1. The van der Waals surface area contributed by atoms with Crippen LogP contribution in [-0.2, 0) is 19.1 Å². The summed E-state index contributed by atoms with van der Waals surface area (Å²) in [5, 5.41) is 9.74. The van der Waals surface area contributed by atoms with Gasteiger partial charge < -0.3 is 14.6 Å². The van der Waals surface area contributed by atoms with Crippen LogP contribution in [0.15, 0.2) is 61.2 Å². The van der Waals surface area contributed by atoms with Gasteiger partial charge in [-0.25, -0.2) is 9.59 Å². The van der Waals surface area contributed by atoms with E-state index in [1.165, 1.54) is 38.2 Å². The van der Waals surface area contributed by atoms with E-state index in [1.807, 2.05) is 42.5 Å². The standard InChI is InChI=1S/C28H38O5/c1-2-26(29)32-22-14-9-7-5-3-4-6-8-10-15-23-33-28(27(30)31)20-18-25(19-21-28)24-16-12-11-13-17-24/h2,11-13,16-20H,1,3-10,14-15,21-23H2,(H,30,31). The quantitative estimate of drug-likeness (QED) is 0.165. The van der Waals surface area contributed by atoms with Crippen LogP contribution in [0.1, 0.15) is 76.2 Å². The van der Waals surface area contributed by atoms with Crippen LogP contribution >= 0.6 is 0 Å². The highest BCUT2D eigenvalue weighted by molar-refractivity contribution is 5.85. The van der Waals surface area contributed by atoms with E-state index in [2.05, 4.69) is 6.58 Å². The van der Waals surface area contributed by atoms with Crippen molar-refractivity contribution >= 4 is 17.5 Å². The predicted molar refractivity (Wildman–Crippen MR) is 132 cm³/mol. The number of carbonyl (C=O) groups excluding carboxylic acids is 1. The number of rotatable bonds is 17. The molecule has 0 aromatic heterocycles. The predicted octanol–water partition coefficient (Wildman–Crippen LogP) is 6.50. The van der Waals surface area contributed by atoms with Gasteiger partial charge in [0, 0.05) is 19.1 Å². The van der Waals surface area contributed by atoms with Gasteiger partial charge in [-0.1, -0.05) is 100 Å². The van der Waals surface area contributed by atoms with Gasteiger partial charge in [0.2, 0.25) is 0 Å². The number of unbranched alkanes of at least 4 members (excludes halogenated alkanes) is 9. The number of hydrogen-bond acceptors (Lipinski definition) is 4. The summed E-state index contributed by atoms with van der Waals surface area (Å²) in [7, 11) is 0. The smallest absolute Gasteiger partial charge is 0.340 e. The molecule has 1 aromatic rings. The number of benzene rings is 1. The molecule has 0 amide bonds. The van der Waals surface area contributed by atoms with Crippen molar-refractivity contribution in [1.82, 2.24) is 0 Å². The van der Waals surface area contributed by atoms with E-state index in [0.717, 1.165) is 43.2 Å². The maximum Gasteiger partial charge on any atom is 0.340 e. The third-order valence-electron chi connectivity index (χ3n) is 5.94. The van der Waals surface area contributed by atoms with Gasteiger partial charge in [-0.2, -0.15) is 0 Å². The van der Waals surface area contributed by atoms with Crippen molar-refractivity contribution in [1.29, 1.82) is 0 Å². The number of ether oxygens (including phenoxy) is 2. The number of aliphatic carboxylic acids is 1. The monoisotopic (exact) mass is 454 g/mol. The van der Waals surface area contributed by atoms with Crippen molar-refractivity contribution in [2.75, 3.05) is 13.2 Å². The zero-order valence-electron chi connectivity index (χ0n) is 19.7. The van der Waals surface area contributed by atoms with E-state index in [9.17, 15) is 14.7 Å². The molecule has 1 aromatic carbocycles. The van der Waals surface area contributed by atoms with Crippen LogP contribution in [0.3, 0.4) is 0 Å². The minimum atomic E-state index is -1.25. The number of carboxylic acid groups (broad SMARTS) is 1. The average molecular weight is 455 g/mol. The van der Waals surface area contributed by atoms with Crippen molar-refractivity contribution in [3.05, 3.63) is 66.8 Å². The van der Waals surface area contributed by atoms with Gasteiger partial charge in [0.15, 0.2) is 5.60 Å². The fourth-order valence-corrected chi connectivity index (χ4v) is 3.90. The fourth-order valence-electron chi connectivity index (χ4n) is 3.90. The molecule has 0 spiro atoms. The first-order chi connectivity index (χ1) is 16.1. The molecule has 1 aliphatic rings. The maximum atomic E-state index is 11.9. The summed E-state index contributed by atoms with van der Waals surface area (Å²) in [4.78, 5) is 22.8. The van der Waals surface area contributed by atoms with Gasteiger partial charge >= 0.3 is 11.9 Å². The Bertz CT molecular complexity index is 796. The topological polar surface area (TPSA) is 72.8 Å². The van der Waals surface area contributed by atoms with Crippen LogP contribution in [0.5, 0.6) is 0 Å².